The zero-order chi connectivity index (χ0) is 32.8. The Labute approximate surface area is 260 Å². The summed E-state index contributed by atoms with van der Waals surface area (Å²) in [7, 11) is 0. The Morgan fingerprint density at radius 3 is 2.18 bits per heavy atom. The van der Waals surface area contributed by atoms with Gasteiger partial charge in [0.1, 0.15) is 24.2 Å². The molecule has 2 saturated carbocycles. The molecule has 2 aliphatic carbocycles. The number of rotatable bonds is 13. The molecule has 0 bridgehead atoms. The molecule has 44 heavy (non-hydrogen) atoms. The van der Waals surface area contributed by atoms with Crippen molar-refractivity contribution >= 4 is 35.5 Å². The van der Waals surface area contributed by atoms with E-state index in [0.29, 0.717) is 25.7 Å². The zero-order valence-corrected chi connectivity index (χ0v) is 26.9. The fraction of sp³-hybridized carbons (Fsp3) is 0.750. The third-order valence-corrected chi connectivity index (χ3v) is 9.17. The minimum Gasteiger partial charge on any atom is -0.460 e. The molecule has 1 saturated heterocycles. The summed E-state index contributed by atoms with van der Waals surface area (Å²) in [6.45, 7) is 13.3. The lowest BCUT2D eigenvalue weighted by Crippen LogP contribution is -2.64. The number of primary amides is 1. The van der Waals surface area contributed by atoms with Gasteiger partial charge in [-0.2, -0.15) is 0 Å². The fourth-order valence-corrected chi connectivity index (χ4v) is 6.45. The van der Waals surface area contributed by atoms with E-state index in [-0.39, 0.29) is 30.9 Å². The highest BCUT2D eigenvalue weighted by molar-refractivity contribution is 6.37. The molecule has 5 amide bonds. The molecule has 12 heteroatoms. The van der Waals surface area contributed by atoms with Crippen molar-refractivity contribution in [3.63, 3.8) is 0 Å². The van der Waals surface area contributed by atoms with Crippen LogP contribution in [0, 0.1) is 23.2 Å². The average molecular weight is 618 g/mol. The number of likely N-dealkylation sites (tertiary alicyclic amines) is 1. The van der Waals surface area contributed by atoms with E-state index in [1.54, 1.807) is 0 Å². The van der Waals surface area contributed by atoms with Crippen LogP contribution in [0.5, 0.6) is 0 Å². The minimum absolute atomic E-state index is 0.0228. The van der Waals surface area contributed by atoms with Gasteiger partial charge in [-0.15, -0.1) is 0 Å². The smallest absolute Gasteiger partial charge is 0.332 e. The first kappa shape index (κ1) is 35.0. The summed E-state index contributed by atoms with van der Waals surface area (Å²) in [4.78, 5) is 80.3. The number of carbonyl (C=O) groups excluding carboxylic acids is 6. The molecule has 0 aromatic carbocycles. The number of ether oxygens (including phenoxy) is 1. The van der Waals surface area contributed by atoms with Gasteiger partial charge in [-0.05, 0) is 48.9 Å². The first-order valence-electron chi connectivity index (χ1n) is 15.9. The minimum atomic E-state index is -1.21. The number of nitrogens with one attached hydrogen (secondary N) is 3. The van der Waals surface area contributed by atoms with Crippen molar-refractivity contribution in [2.45, 2.75) is 116 Å². The Hall–Kier alpha value is -3.44. The summed E-state index contributed by atoms with van der Waals surface area (Å²) in [5, 5.41) is 8.39. The molecule has 1 aliphatic heterocycles. The van der Waals surface area contributed by atoms with E-state index in [1.807, 2.05) is 34.6 Å². The number of nitrogens with zero attached hydrogens (tertiary/aromatic N) is 1. The molecule has 3 fully saturated rings. The number of Topliss-reactive ketones (excluding diaryl/α,β-unsaturated/α-hetero) is 1. The number of urea groups is 1. The third kappa shape index (κ3) is 8.59. The van der Waals surface area contributed by atoms with Crippen molar-refractivity contribution in [1.82, 2.24) is 20.9 Å². The highest BCUT2D eigenvalue weighted by atomic mass is 16.5. The van der Waals surface area contributed by atoms with Crippen LogP contribution in [0.15, 0.2) is 12.7 Å². The molecule has 3 rings (SSSR count). The normalized spacial score (nSPS) is 22.8. The van der Waals surface area contributed by atoms with E-state index in [0.717, 1.165) is 32.1 Å². The summed E-state index contributed by atoms with van der Waals surface area (Å²) in [6.07, 6.45) is 7.42. The van der Waals surface area contributed by atoms with E-state index in [4.69, 9.17) is 10.5 Å². The van der Waals surface area contributed by atoms with Crippen molar-refractivity contribution in [3.05, 3.63) is 12.7 Å². The molecule has 0 aromatic heterocycles. The molecule has 0 spiro atoms. The van der Waals surface area contributed by atoms with Gasteiger partial charge >= 0.3 is 12.0 Å². The third-order valence-electron chi connectivity index (χ3n) is 9.17. The van der Waals surface area contributed by atoms with Crippen LogP contribution in [0.1, 0.15) is 92.4 Å². The number of nitrogens with two attached hydrogens (primary N) is 1. The predicted octanol–water partition coefficient (Wildman–Crippen LogP) is 2.34. The Balaban J connectivity index is 1.83. The van der Waals surface area contributed by atoms with Crippen LogP contribution < -0.4 is 21.7 Å². The van der Waals surface area contributed by atoms with E-state index in [1.165, 1.54) is 11.0 Å². The van der Waals surface area contributed by atoms with E-state index in [9.17, 15) is 28.8 Å². The highest BCUT2D eigenvalue weighted by Gasteiger charge is 2.49. The lowest BCUT2D eigenvalue weighted by molar-refractivity contribution is -0.151. The second kappa shape index (κ2) is 14.6. The Bertz CT molecular complexity index is 1120. The van der Waals surface area contributed by atoms with E-state index >= 15 is 0 Å². The molecule has 3 aliphatic rings. The maximum absolute atomic E-state index is 14.2. The van der Waals surface area contributed by atoms with Gasteiger partial charge in [0.05, 0.1) is 6.04 Å². The largest absolute Gasteiger partial charge is 0.460 e. The van der Waals surface area contributed by atoms with Gasteiger partial charge in [0.2, 0.25) is 17.6 Å². The van der Waals surface area contributed by atoms with Crippen molar-refractivity contribution in [3.8, 4) is 0 Å². The van der Waals surface area contributed by atoms with E-state index in [2.05, 4.69) is 22.5 Å². The van der Waals surface area contributed by atoms with Gasteiger partial charge in [0.25, 0.3) is 5.91 Å². The molecule has 5 N–H and O–H groups in total. The average Bonchev–Trinajstić information content (AvgIpc) is 3.66. The lowest BCUT2D eigenvalue weighted by Gasteiger charge is -2.39. The summed E-state index contributed by atoms with van der Waals surface area (Å²) in [5.74, 6) is -3.38. The highest BCUT2D eigenvalue weighted by Crippen LogP contribution is 2.36. The number of amides is 5. The number of ketones is 1. The first-order valence-corrected chi connectivity index (χ1v) is 15.9. The standard InChI is InChI=1S/C32H51N5O7/c1-7-17-44-29(42)32(14-9-8-10-15-32)36-30(43)35-25(31(4,5)6)28(41)37-16-13-21(19(2)3)23(37)27(40)34-22(18-20-11-12-20)24(38)26(33)39/h7,19-23,25H,1,8-18H2,2-6H3,(H2,33,39)(H,34,40)(H2,35,36,43)/t21?,22?,23-,25+/m0/s1. The van der Waals surface area contributed by atoms with Crippen molar-refractivity contribution in [2.24, 2.45) is 28.9 Å². The summed E-state index contributed by atoms with van der Waals surface area (Å²) < 4.78 is 5.33. The van der Waals surface area contributed by atoms with Crippen molar-refractivity contribution < 1.29 is 33.5 Å². The molecule has 12 nitrogen and oxygen atoms in total. The number of hydrogen-bond acceptors (Lipinski definition) is 7. The molecule has 2 unspecified atom stereocenters. The molecular formula is C32H51N5O7. The summed E-state index contributed by atoms with van der Waals surface area (Å²) in [5.41, 5.74) is 3.31. The molecule has 1 heterocycles. The fourth-order valence-electron chi connectivity index (χ4n) is 6.45. The first-order chi connectivity index (χ1) is 20.6. The molecule has 4 atom stereocenters. The number of carbonyl (C=O) groups is 6. The van der Waals surface area contributed by atoms with Gasteiger partial charge in [-0.1, -0.05) is 79.4 Å². The van der Waals surface area contributed by atoms with Crippen LogP contribution >= 0.6 is 0 Å². The quantitative estimate of drug-likeness (QED) is 0.139. The summed E-state index contributed by atoms with van der Waals surface area (Å²) in [6, 6.07) is -3.66. The van der Waals surface area contributed by atoms with E-state index < -0.39 is 64.6 Å². The van der Waals surface area contributed by atoms with Crippen LogP contribution in [0.25, 0.3) is 0 Å². The second-order valence-electron chi connectivity index (χ2n) is 14.1. The van der Waals surface area contributed by atoms with Crippen molar-refractivity contribution in [1.29, 1.82) is 0 Å². The predicted molar refractivity (Wildman–Crippen MR) is 164 cm³/mol. The second-order valence-corrected chi connectivity index (χ2v) is 14.1. The van der Waals surface area contributed by atoms with Crippen LogP contribution in [0.3, 0.4) is 0 Å². The van der Waals surface area contributed by atoms with Gasteiger partial charge in [0, 0.05) is 6.54 Å². The Kier molecular flexibility index (Phi) is 11.6. The van der Waals surface area contributed by atoms with Crippen LogP contribution in [-0.4, -0.2) is 77.2 Å². The Morgan fingerprint density at radius 2 is 1.66 bits per heavy atom. The number of esters is 1. The summed E-state index contributed by atoms with van der Waals surface area (Å²) >= 11 is 0. The van der Waals surface area contributed by atoms with Crippen LogP contribution in [0.4, 0.5) is 4.79 Å². The number of hydrogen-bond donors (Lipinski definition) is 4. The van der Waals surface area contributed by atoms with Crippen molar-refractivity contribution in [2.75, 3.05) is 13.2 Å². The zero-order valence-electron chi connectivity index (χ0n) is 26.9. The molecular weight excluding hydrogens is 566 g/mol. The van der Waals surface area contributed by atoms with Gasteiger partial charge in [-0.25, -0.2) is 9.59 Å². The Morgan fingerprint density at radius 1 is 1.02 bits per heavy atom. The topological polar surface area (TPSA) is 177 Å². The molecule has 0 aromatic rings. The van der Waals surface area contributed by atoms with Gasteiger partial charge in [-0.3, -0.25) is 19.2 Å². The van der Waals surface area contributed by atoms with Gasteiger partial charge in [0.15, 0.2) is 0 Å². The molecule has 0 radical (unpaired) electrons. The monoisotopic (exact) mass is 617 g/mol. The maximum atomic E-state index is 14.2. The van der Waals surface area contributed by atoms with Crippen LogP contribution in [-0.2, 0) is 28.7 Å². The van der Waals surface area contributed by atoms with Gasteiger partial charge < -0.3 is 31.3 Å². The maximum Gasteiger partial charge on any atom is 0.332 e. The lowest BCUT2D eigenvalue weighted by atomic mass is 9.81. The SMILES string of the molecule is C=CCOC(=O)C1(NC(=O)N[C@H](C(=O)N2CCC(C(C)C)[C@H]2C(=O)NC(CC2CC2)C(=O)C(N)=O)C(C)(C)C)CCCCC1. The molecule has 246 valence electrons. The van der Waals surface area contributed by atoms with Crippen LogP contribution in [0.2, 0.25) is 0 Å².